The molecule has 0 spiro atoms. The van der Waals surface area contributed by atoms with E-state index in [1.54, 1.807) is 12.3 Å². The highest BCUT2D eigenvalue weighted by atomic mass is 35.5. The molecule has 1 aliphatic heterocycles. The summed E-state index contributed by atoms with van der Waals surface area (Å²) < 4.78 is 0. The Morgan fingerprint density at radius 3 is 2.57 bits per heavy atom. The normalized spacial score (nSPS) is 18.8. The fourth-order valence-electron chi connectivity index (χ4n) is 3.05. The summed E-state index contributed by atoms with van der Waals surface area (Å²) in [5, 5.41) is 12.3. The standard InChI is InChI=1S/C15H23ClN4O/c1-3-15(4-2)6-9-20(10-7-15)14-12(16)11(5-8-18-14)13(17)19-21/h5,8,21H,3-4,6-7,9-10H2,1-2H3,(H2,17,19). The van der Waals surface area contributed by atoms with Gasteiger partial charge in [0.05, 0.1) is 5.02 Å². The highest BCUT2D eigenvalue weighted by molar-refractivity contribution is 6.36. The van der Waals surface area contributed by atoms with Gasteiger partial charge >= 0.3 is 0 Å². The third-order valence-electron chi connectivity index (χ3n) is 4.88. The molecule has 1 aliphatic rings. The summed E-state index contributed by atoms with van der Waals surface area (Å²) in [6.45, 7) is 6.41. The SMILES string of the molecule is CCC1(CC)CCN(c2nccc(/C(N)=N/O)c2Cl)CC1. The maximum absolute atomic E-state index is 8.82. The van der Waals surface area contributed by atoms with Gasteiger partial charge in [-0.2, -0.15) is 0 Å². The summed E-state index contributed by atoms with van der Waals surface area (Å²) in [6.07, 6.45) is 6.36. The molecule has 0 unspecified atom stereocenters. The minimum Gasteiger partial charge on any atom is -0.409 e. The van der Waals surface area contributed by atoms with Crippen molar-refractivity contribution in [3.05, 3.63) is 22.8 Å². The van der Waals surface area contributed by atoms with Crippen LogP contribution in [-0.2, 0) is 0 Å². The first-order valence-corrected chi connectivity index (χ1v) is 7.82. The van der Waals surface area contributed by atoms with E-state index in [0.717, 1.165) is 31.7 Å². The molecule has 116 valence electrons. The average Bonchev–Trinajstić information content (AvgIpc) is 2.54. The molecule has 1 saturated heterocycles. The minimum atomic E-state index is 0.0112. The number of nitrogens with two attached hydrogens (primary N) is 1. The second-order valence-corrected chi connectivity index (χ2v) is 6.05. The van der Waals surface area contributed by atoms with Crippen LogP contribution in [0.15, 0.2) is 17.4 Å². The van der Waals surface area contributed by atoms with E-state index in [1.807, 2.05) is 0 Å². The van der Waals surface area contributed by atoms with Crippen LogP contribution in [0.4, 0.5) is 5.82 Å². The van der Waals surface area contributed by atoms with Gasteiger partial charge in [0, 0.05) is 24.8 Å². The van der Waals surface area contributed by atoms with Crippen molar-refractivity contribution in [3.8, 4) is 0 Å². The molecule has 0 radical (unpaired) electrons. The molecule has 1 aromatic rings. The van der Waals surface area contributed by atoms with Crippen LogP contribution in [0.25, 0.3) is 0 Å². The first-order valence-electron chi connectivity index (χ1n) is 7.44. The Hall–Kier alpha value is -1.49. The Bertz CT molecular complexity index is 518. The zero-order valence-electron chi connectivity index (χ0n) is 12.6. The smallest absolute Gasteiger partial charge is 0.171 e. The van der Waals surface area contributed by atoms with Gasteiger partial charge in [-0.05, 0) is 24.3 Å². The predicted octanol–water partition coefficient (Wildman–Crippen LogP) is 3.24. The Labute approximate surface area is 130 Å². The van der Waals surface area contributed by atoms with Crippen LogP contribution in [0.1, 0.15) is 45.1 Å². The van der Waals surface area contributed by atoms with E-state index in [2.05, 4.69) is 28.9 Å². The van der Waals surface area contributed by atoms with Crippen molar-refractivity contribution in [2.24, 2.45) is 16.3 Å². The molecule has 3 N–H and O–H groups in total. The Morgan fingerprint density at radius 2 is 2.05 bits per heavy atom. The van der Waals surface area contributed by atoms with Gasteiger partial charge in [-0.1, -0.05) is 43.4 Å². The molecule has 21 heavy (non-hydrogen) atoms. The number of hydrogen-bond donors (Lipinski definition) is 2. The summed E-state index contributed by atoms with van der Waals surface area (Å²) in [5.41, 5.74) is 6.62. The van der Waals surface area contributed by atoms with Gasteiger partial charge < -0.3 is 15.8 Å². The molecule has 0 aliphatic carbocycles. The third kappa shape index (κ3) is 3.07. The predicted molar refractivity (Wildman–Crippen MR) is 86.2 cm³/mol. The molecule has 0 amide bonds. The molecule has 0 saturated carbocycles. The number of oxime groups is 1. The molecule has 2 rings (SSSR count). The summed E-state index contributed by atoms with van der Waals surface area (Å²) in [5.74, 6) is 0.735. The molecule has 5 nitrogen and oxygen atoms in total. The van der Waals surface area contributed by atoms with Crippen molar-refractivity contribution < 1.29 is 5.21 Å². The molecular weight excluding hydrogens is 288 g/mol. The average molecular weight is 311 g/mol. The number of amidine groups is 1. The molecule has 6 heteroatoms. The number of nitrogens with zero attached hydrogens (tertiary/aromatic N) is 3. The lowest BCUT2D eigenvalue weighted by molar-refractivity contribution is 0.199. The van der Waals surface area contributed by atoms with E-state index in [1.165, 1.54) is 12.8 Å². The van der Waals surface area contributed by atoms with Gasteiger partial charge in [-0.25, -0.2) is 4.98 Å². The summed E-state index contributed by atoms with van der Waals surface area (Å²) >= 11 is 6.38. The molecule has 0 aromatic carbocycles. The zero-order valence-corrected chi connectivity index (χ0v) is 13.4. The number of anilines is 1. The van der Waals surface area contributed by atoms with Crippen molar-refractivity contribution >= 4 is 23.3 Å². The Morgan fingerprint density at radius 1 is 1.43 bits per heavy atom. The maximum Gasteiger partial charge on any atom is 0.171 e. The van der Waals surface area contributed by atoms with Gasteiger partial charge in [0.25, 0.3) is 0 Å². The highest BCUT2D eigenvalue weighted by Gasteiger charge is 2.32. The molecular formula is C15H23ClN4O. The van der Waals surface area contributed by atoms with Crippen LogP contribution >= 0.6 is 11.6 Å². The summed E-state index contributed by atoms with van der Waals surface area (Å²) in [7, 11) is 0. The van der Waals surface area contributed by atoms with Crippen LogP contribution in [0.3, 0.4) is 0 Å². The van der Waals surface area contributed by atoms with Crippen LogP contribution in [0.2, 0.25) is 5.02 Å². The summed E-state index contributed by atoms with van der Waals surface area (Å²) in [6, 6.07) is 1.66. The fraction of sp³-hybridized carbons (Fsp3) is 0.600. The molecule has 2 heterocycles. The second-order valence-electron chi connectivity index (χ2n) is 5.68. The highest BCUT2D eigenvalue weighted by Crippen LogP contribution is 2.40. The minimum absolute atomic E-state index is 0.0112. The number of pyridine rings is 1. The van der Waals surface area contributed by atoms with Crippen molar-refractivity contribution in [3.63, 3.8) is 0 Å². The topological polar surface area (TPSA) is 74.7 Å². The number of halogens is 1. The van der Waals surface area contributed by atoms with Crippen LogP contribution in [0.5, 0.6) is 0 Å². The Balaban J connectivity index is 2.21. The fourth-order valence-corrected chi connectivity index (χ4v) is 3.38. The number of aromatic nitrogens is 1. The lowest BCUT2D eigenvalue weighted by Gasteiger charge is -2.41. The van der Waals surface area contributed by atoms with Crippen LogP contribution < -0.4 is 10.6 Å². The Kier molecular flexibility index (Phi) is 4.93. The second kappa shape index (κ2) is 6.52. The lowest BCUT2D eigenvalue weighted by atomic mass is 9.74. The van der Waals surface area contributed by atoms with E-state index in [0.29, 0.717) is 16.0 Å². The van der Waals surface area contributed by atoms with Crippen molar-refractivity contribution in [1.29, 1.82) is 0 Å². The van der Waals surface area contributed by atoms with E-state index < -0.39 is 0 Å². The van der Waals surface area contributed by atoms with Crippen molar-refractivity contribution in [1.82, 2.24) is 4.98 Å². The van der Waals surface area contributed by atoms with E-state index in [4.69, 9.17) is 22.5 Å². The van der Waals surface area contributed by atoms with Gasteiger partial charge in [-0.3, -0.25) is 0 Å². The van der Waals surface area contributed by atoms with Crippen LogP contribution in [0, 0.1) is 5.41 Å². The van der Waals surface area contributed by atoms with Crippen molar-refractivity contribution in [2.75, 3.05) is 18.0 Å². The number of rotatable bonds is 4. The summed E-state index contributed by atoms with van der Waals surface area (Å²) in [4.78, 5) is 6.58. The lowest BCUT2D eigenvalue weighted by Crippen LogP contribution is -2.40. The maximum atomic E-state index is 8.82. The molecule has 0 bridgehead atoms. The largest absolute Gasteiger partial charge is 0.409 e. The number of piperidine rings is 1. The molecule has 1 aromatic heterocycles. The van der Waals surface area contributed by atoms with E-state index in [-0.39, 0.29) is 5.84 Å². The third-order valence-corrected chi connectivity index (χ3v) is 5.25. The monoisotopic (exact) mass is 310 g/mol. The van der Waals surface area contributed by atoms with Gasteiger partial charge in [-0.15, -0.1) is 0 Å². The quantitative estimate of drug-likeness (QED) is 0.387. The first-order chi connectivity index (χ1) is 10.1. The first kappa shape index (κ1) is 15.9. The van der Waals surface area contributed by atoms with Gasteiger partial charge in [0.1, 0.15) is 5.82 Å². The van der Waals surface area contributed by atoms with E-state index >= 15 is 0 Å². The van der Waals surface area contributed by atoms with Crippen molar-refractivity contribution in [2.45, 2.75) is 39.5 Å². The van der Waals surface area contributed by atoms with Gasteiger partial charge in [0.15, 0.2) is 5.84 Å². The van der Waals surface area contributed by atoms with E-state index in [9.17, 15) is 0 Å². The molecule has 1 fully saturated rings. The molecule has 0 atom stereocenters. The van der Waals surface area contributed by atoms with Gasteiger partial charge in [0.2, 0.25) is 0 Å². The zero-order chi connectivity index (χ0) is 15.5. The van der Waals surface area contributed by atoms with Crippen LogP contribution in [-0.4, -0.2) is 29.1 Å². The number of hydrogen-bond acceptors (Lipinski definition) is 4.